The molecule has 1 aromatic carbocycles. The number of carbonyl (C=O) groups excluding carboxylic acids is 2. The molecule has 2 aromatic rings. The van der Waals surface area contributed by atoms with E-state index in [-0.39, 0.29) is 29.6 Å². The molecule has 156 valence electrons. The summed E-state index contributed by atoms with van der Waals surface area (Å²) in [5.74, 6) is 1.48. The van der Waals surface area contributed by atoms with Crippen LogP contribution >= 0.6 is 0 Å². The van der Waals surface area contributed by atoms with Crippen LogP contribution in [-0.4, -0.2) is 52.6 Å². The first-order valence-corrected chi connectivity index (χ1v) is 10.2. The number of hydrogen-bond donors (Lipinski definition) is 1. The van der Waals surface area contributed by atoms with Gasteiger partial charge < -0.3 is 13.9 Å². The van der Waals surface area contributed by atoms with Gasteiger partial charge in [0.05, 0.1) is 0 Å². The molecule has 1 aliphatic heterocycles. The van der Waals surface area contributed by atoms with Gasteiger partial charge >= 0.3 is 35.7 Å². The van der Waals surface area contributed by atoms with E-state index in [2.05, 4.69) is 17.2 Å². The number of nitrogens with zero attached hydrogens (tertiary/aromatic N) is 1. The molecule has 2 fully saturated rings. The van der Waals surface area contributed by atoms with Crippen molar-refractivity contribution in [1.29, 1.82) is 0 Å². The van der Waals surface area contributed by atoms with Crippen LogP contribution in [0.15, 0.2) is 35.1 Å². The van der Waals surface area contributed by atoms with Crippen molar-refractivity contribution in [3.8, 4) is 5.75 Å². The monoisotopic (exact) mass is 422 g/mol. The summed E-state index contributed by atoms with van der Waals surface area (Å²) in [5.41, 5.74) is 1.17. The maximum absolute atomic E-state index is 11.7. The summed E-state index contributed by atoms with van der Waals surface area (Å²) in [4.78, 5) is 27.3. The van der Waals surface area contributed by atoms with Crippen molar-refractivity contribution >= 4 is 41.6 Å². The summed E-state index contributed by atoms with van der Waals surface area (Å²) in [6, 6.07) is 7.57. The van der Waals surface area contributed by atoms with Crippen LogP contribution in [0.2, 0.25) is 0 Å². The Morgan fingerprint density at radius 3 is 2.43 bits per heavy atom. The predicted molar refractivity (Wildman–Crippen MR) is 112 cm³/mol. The van der Waals surface area contributed by atoms with E-state index in [9.17, 15) is 9.59 Å². The van der Waals surface area contributed by atoms with Crippen LogP contribution in [0.25, 0.3) is 0 Å². The average molecular weight is 422 g/mol. The fourth-order valence-corrected chi connectivity index (χ4v) is 4.44. The summed E-state index contributed by atoms with van der Waals surface area (Å²) in [5, 5.41) is 2.15. The fourth-order valence-electron chi connectivity index (χ4n) is 4.44. The van der Waals surface area contributed by atoms with E-state index in [0.29, 0.717) is 12.3 Å². The summed E-state index contributed by atoms with van der Waals surface area (Å²) < 4.78 is 17.0. The quantitative estimate of drug-likeness (QED) is 0.718. The van der Waals surface area contributed by atoms with Crippen LogP contribution in [0.3, 0.4) is 0 Å². The van der Waals surface area contributed by atoms with E-state index < -0.39 is 23.7 Å². The van der Waals surface area contributed by atoms with E-state index in [0.717, 1.165) is 35.6 Å². The molecule has 1 aliphatic carbocycles. The molecule has 2 aliphatic rings. The molecule has 1 aromatic heterocycles. The van der Waals surface area contributed by atoms with E-state index in [4.69, 9.17) is 13.9 Å². The molecule has 1 saturated carbocycles. The van der Waals surface area contributed by atoms with Crippen LogP contribution in [0.4, 0.5) is 4.79 Å². The topological polar surface area (TPSA) is 90.7 Å². The Labute approximate surface area is 198 Å². The third-order valence-electron chi connectivity index (χ3n) is 6.04. The van der Waals surface area contributed by atoms with Gasteiger partial charge in [0.2, 0.25) is 0 Å². The number of aryl methyl sites for hydroxylation is 1. The summed E-state index contributed by atoms with van der Waals surface area (Å²) in [6.07, 6.45) is 6.20. The second kappa shape index (κ2) is 9.54. The molecule has 2 heterocycles. The Balaban J connectivity index is 0.00000256. The van der Waals surface area contributed by atoms with Crippen molar-refractivity contribution in [2.75, 3.05) is 0 Å². The number of ether oxygens (including phenoxy) is 2. The van der Waals surface area contributed by atoms with E-state index >= 15 is 0 Å². The summed E-state index contributed by atoms with van der Waals surface area (Å²) in [7, 11) is 0. The number of aromatic nitrogens is 1. The number of carbonyl (C=O) groups is 2. The Hall–Kier alpha value is -1.83. The zero-order valence-electron chi connectivity index (χ0n) is 16.8. The van der Waals surface area contributed by atoms with Gasteiger partial charge in [0, 0.05) is 12.3 Å². The number of hydrogen-bond acceptors (Lipinski definition) is 6. The van der Waals surface area contributed by atoms with Crippen molar-refractivity contribution in [1.82, 2.24) is 10.3 Å². The van der Waals surface area contributed by atoms with Gasteiger partial charge in [-0.2, -0.15) is 0 Å². The number of oxazole rings is 1. The van der Waals surface area contributed by atoms with E-state index in [1.165, 1.54) is 25.7 Å². The van der Waals surface area contributed by atoms with E-state index in [1.54, 1.807) is 0 Å². The number of imide groups is 1. The first-order chi connectivity index (χ1) is 14.0. The first-order valence-electron chi connectivity index (χ1n) is 10.2. The zero-order valence-corrected chi connectivity index (χ0v) is 16.8. The Morgan fingerprint density at radius 1 is 1.17 bits per heavy atom. The van der Waals surface area contributed by atoms with Crippen molar-refractivity contribution in [2.24, 2.45) is 5.92 Å². The molecule has 2 amide bonds. The van der Waals surface area contributed by atoms with Gasteiger partial charge in [-0.3, -0.25) is 10.1 Å². The maximum atomic E-state index is 11.7. The van der Waals surface area contributed by atoms with Gasteiger partial charge in [0.15, 0.2) is 18.1 Å². The third kappa shape index (κ3) is 4.74. The van der Waals surface area contributed by atoms with Gasteiger partial charge in [-0.15, -0.1) is 0 Å². The molecule has 2 atom stereocenters. The number of benzene rings is 1. The van der Waals surface area contributed by atoms with Crippen LogP contribution in [-0.2, 0) is 21.6 Å². The molecular weight excluding hydrogens is 395 g/mol. The Kier molecular flexibility index (Phi) is 7.26. The summed E-state index contributed by atoms with van der Waals surface area (Å²) >= 11 is 0. The molecule has 7 nitrogen and oxygen atoms in total. The van der Waals surface area contributed by atoms with Crippen LogP contribution in [0.5, 0.6) is 5.75 Å². The normalized spacial score (nSPS) is 21.3. The molecule has 30 heavy (non-hydrogen) atoms. The van der Waals surface area contributed by atoms with Gasteiger partial charge in [-0.05, 0) is 44.4 Å². The second-order valence-electron chi connectivity index (χ2n) is 8.03. The van der Waals surface area contributed by atoms with E-state index in [1.807, 2.05) is 31.2 Å². The second-order valence-corrected chi connectivity index (χ2v) is 8.03. The van der Waals surface area contributed by atoms with Crippen LogP contribution < -0.4 is 10.1 Å². The minimum atomic E-state index is -0.778. The molecule has 8 heteroatoms. The fraction of sp³-hybridized carbons (Fsp3) is 0.500. The van der Waals surface area contributed by atoms with Gasteiger partial charge in [-0.1, -0.05) is 31.4 Å². The minimum absolute atomic E-state index is 0. The standard InChI is InChI=1S/C22H26N2O5.Na.H/c1-14-19(23-13-27-14)22(2,16-6-4-3-5-7-16)29-17-10-8-15(9-11-17)12-18-20(25)24-21(26)28-18;;/h8-11,13,16,18H,3-7,12H2,1-2H3,(H,24,25,26);;. The van der Waals surface area contributed by atoms with Crippen LogP contribution in [0.1, 0.15) is 56.0 Å². The molecule has 0 spiro atoms. The Morgan fingerprint density at radius 2 is 1.87 bits per heavy atom. The number of alkyl carbamates (subject to hydrolysis) is 1. The van der Waals surface area contributed by atoms with Gasteiger partial charge in [0.1, 0.15) is 17.2 Å². The number of rotatable bonds is 6. The first kappa shape index (κ1) is 22.8. The third-order valence-corrected chi connectivity index (χ3v) is 6.04. The van der Waals surface area contributed by atoms with Crippen LogP contribution in [0, 0.1) is 12.8 Å². The molecule has 0 radical (unpaired) electrons. The number of cyclic esters (lactones) is 1. The van der Waals surface area contributed by atoms with Gasteiger partial charge in [0.25, 0.3) is 5.91 Å². The SMILES string of the molecule is Cc1ocnc1C(C)(Oc1ccc(CC2OC(=O)NC2=O)cc1)C1CCCCC1.[NaH]. The number of amides is 2. The van der Waals surface area contributed by atoms with Gasteiger partial charge in [-0.25, -0.2) is 9.78 Å². The predicted octanol–water partition coefficient (Wildman–Crippen LogP) is 3.39. The van der Waals surface area contributed by atoms with Crippen molar-refractivity contribution in [3.05, 3.63) is 47.7 Å². The summed E-state index contributed by atoms with van der Waals surface area (Å²) in [6.45, 7) is 4.02. The zero-order chi connectivity index (χ0) is 20.4. The number of nitrogens with one attached hydrogen (secondary N) is 1. The molecule has 1 saturated heterocycles. The molecule has 1 N–H and O–H groups in total. The molecular formula is C22H27N2NaO5. The molecule has 0 bridgehead atoms. The molecule has 2 unspecified atom stereocenters. The van der Waals surface area contributed by atoms with Crippen molar-refractivity contribution < 1.29 is 23.5 Å². The van der Waals surface area contributed by atoms with Crippen molar-refractivity contribution in [2.45, 2.75) is 64.1 Å². The average Bonchev–Trinajstić information content (AvgIpc) is 3.29. The van der Waals surface area contributed by atoms with Crippen molar-refractivity contribution in [3.63, 3.8) is 0 Å². The molecule has 4 rings (SSSR count). The Bertz CT molecular complexity index is 891.